The Hall–Kier alpha value is -2.55. The minimum atomic E-state index is -4.78. The van der Waals surface area contributed by atoms with Gasteiger partial charge in [0, 0.05) is 30.8 Å². The maximum Gasteiger partial charge on any atom is 0.573 e. The molecule has 6 nitrogen and oxygen atoms in total. The zero-order valence-electron chi connectivity index (χ0n) is 14.6. The topological polar surface area (TPSA) is 68.2 Å². The van der Waals surface area contributed by atoms with Crippen molar-refractivity contribution in [1.29, 1.82) is 0 Å². The van der Waals surface area contributed by atoms with E-state index in [-0.39, 0.29) is 30.3 Å². The monoisotopic (exact) mass is 382 g/mol. The van der Waals surface area contributed by atoms with Gasteiger partial charge in [0.25, 0.3) is 0 Å². The summed E-state index contributed by atoms with van der Waals surface area (Å²) >= 11 is 0. The van der Waals surface area contributed by atoms with Gasteiger partial charge in [-0.2, -0.15) is 5.10 Å². The molecular formula is C18H21F3N4O2. The third-order valence-corrected chi connectivity index (χ3v) is 4.36. The predicted octanol–water partition coefficient (Wildman–Crippen LogP) is 2.57. The molecule has 1 aromatic heterocycles. The zero-order valence-corrected chi connectivity index (χ0v) is 14.6. The summed E-state index contributed by atoms with van der Waals surface area (Å²) in [7, 11) is 0. The van der Waals surface area contributed by atoms with E-state index in [4.69, 9.17) is 0 Å². The maximum absolute atomic E-state index is 12.4. The number of piperidine rings is 1. The summed E-state index contributed by atoms with van der Waals surface area (Å²) in [4.78, 5) is 12.1. The second-order valence-electron chi connectivity index (χ2n) is 6.41. The van der Waals surface area contributed by atoms with E-state index in [1.807, 2.05) is 6.07 Å². The first-order valence-electron chi connectivity index (χ1n) is 8.75. The number of hydrogen-bond acceptors (Lipinski definition) is 4. The van der Waals surface area contributed by atoms with Gasteiger partial charge < -0.3 is 15.4 Å². The quantitative estimate of drug-likeness (QED) is 0.806. The first-order valence-corrected chi connectivity index (χ1v) is 8.75. The lowest BCUT2D eigenvalue weighted by Gasteiger charge is -2.20. The van der Waals surface area contributed by atoms with Gasteiger partial charge in [0.2, 0.25) is 5.91 Å². The Morgan fingerprint density at radius 1 is 1.33 bits per heavy atom. The van der Waals surface area contributed by atoms with Crippen LogP contribution in [0.1, 0.15) is 30.0 Å². The predicted molar refractivity (Wildman–Crippen MR) is 92.0 cm³/mol. The van der Waals surface area contributed by atoms with Crippen LogP contribution >= 0.6 is 0 Å². The summed E-state index contributed by atoms with van der Waals surface area (Å²) in [6.07, 6.45) is -0.882. The Balaban J connectivity index is 1.54. The highest BCUT2D eigenvalue weighted by atomic mass is 19.4. The number of hydrogen-bond donors (Lipinski definition) is 2. The molecule has 2 N–H and O–H groups in total. The van der Waals surface area contributed by atoms with Crippen LogP contribution in [-0.4, -0.2) is 35.1 Å². The highest BCUT2D eigenvalue weighted by Gasteiger charge is 2.32. The third kappa shape index (κ3) is 5.72. The number of aromatic nitrogens is 2. The number of benzene rings is 1. The number of carbonyl (C=O) groups excluding carboxylic acids is 1. The van der Waals surface area contributed by atoms with Crippen molar-refractivity contribution in [2.45, 2.75) is 38.2 Å². The van der Waals surface area contributed by atoms with Gasteiger partial charge in [0.1, 0.15) is 12.3 Å². The number of nitrogens with one attached hydrogen (secondary N) is 2. The minimum Gasteiger partial charge on any atom is -0.405 e. The molecule has 1 unspecified atom stereocenters. The fourth-order valence-corrected chi connectivity index (χ4v) is 3.06. The van der Waals surface area contributed by atoms with Crippen LogP contribution in [-0.2, 0) is 17.9 Å². The Kier molecular flexibility index (Phi) is 6.00. The summed E-state index contributed by atoms with van der Waals surface area (Å²) in [5.41, 5.74) is 1.19. The van der Waals surface area contributed by atoms with Crippen LogP contribution in [0.4, 0.5) is 13.2 Å². The highest BCUT2D eigenvalue weighted by molar-refractivity contribution is 5.75. The van der Waals surface area contributed by atoms with E-state index in [1.54, 1.807) is 12.3 Å². The fraction of sp³-hybridized carbons (Fsp3) is 0.444. The molecule has 27 heavy (non-hydrogen) atoms. The molecule has 0 radical (unpaired) electrons. The van der Waals surface area contributed by atoms with Gasteiger partial charge in [-0.1, -0.05) is 18.2 Å². The first kappa shape index (κ1) is 19.2. The van der Waals surface area contributed by atoms with Crippen molar-refractivity contribution in [3.05, 3.63) is 47.8 Å². The fourth-order valence-electron chi connectivity index (χ4n) is 3.06. The van der Waals surface area contributed by atoms with Gasteiger partial charge in [-0.3, -0.25) is 9.48 Å². The number of halogens is 3. The van der Waals surface area contributed by atoms with Crippen LogP contribution in [0, 0.1) is 0 Å². The van der Waals surface area contributed by atoms with E-state index < -0.39 is 6.36 Å². The lowest BCUT2D eigenvalue weighted by atomic mass is 9.97. The molecule has 9 heteroatoms. The molecule has 1 aromatic carbocycles. The molecule has 1 atom stereocenters. The molecule has 1 fully saturated rings. The number of ether oxygens (including phenoxy) is 1. The number of amides is 1. The second kappa shape index (κ2) is 8.43. The minimum absolute atomic E-state index is 0.00242. The average molecular weight is 382 g/mol. The van der Waals surface area contributed by atoms with Crippen LogP contribution in [0.15, 0.2) is 36.5 Å². The van der Waals surface area contributed by atoms with Crippen molar-refractivity contribution in [1.82, 2.24) is 20.4 Å². The smallest absolute Gasteiger partial charge is 0.405 e. The SMILES string of the molecule is O=C(Cn1ccc(C2CCCNC2)n1)NCc1ccccc1OC(F)(F)F. The Bertz CT molecular complexity index is 770. The summed E-state index contributed by atoms with van der Waals surface area (Å²) in [6, 6.07) is 7.62. The van der Waals surface area contributed by atoms with Crippen LogP contribution < -0.4 is 15.4 Å². The van der Waals surface area contributed by atoms with Crippen LogP contribution in [0.25, 0.3) is 0 Å². The van der Waals surface area contributed by atoms with Gasteiger partial charge in [-0.25, -0.2) is 0 Å². The van der Waals surface area contributed by atoms with Crippen LogP contribution in [0.3, 0.4) is 0 Å². The molecule has 0 aliphatic carbocycles. The Morgan fingerprint density at radius 2 is 2.15 bits per heavy atom. The molecule has 146 valence electrons. The molecule has 1 aliphatic heterocycles. The van der Waals surface area contributed by atoms with Gasteiger partial charge in [0.15, 0.2) is 0 Å². The second-order valence-corrected chi connectivity index (χ2v) is 6.41. The van der Waals surface area contributed by atoms with Crippen LogP contribution in [0.2, 0.25) is 0 Å². The van der Waals surface area contributed by atoms with E-state index in [0.29, 0.717) is 5.92 Å². The molecule has 1 amide bonds. The summed E-state index contributed by atoms with van der Waals surface area (Å²) < 4.78 is 42.8. The van der Waals surface area contributed by atoms with Gasteiger partial charge >= 0.3 is 6.36 Å². The number of nitrogens with zero attached hydrogens (tertiary/aromatic N) is 2. The molecule has 1 saturated heterocycles. The summed E-state index contributed by atoms with van der Waals surface area (Å²) in [5.74, 6) is -0.320. The van der Waals surface area contributed by atoms with Crippen molar-refractivity contribution in [2.24, 2.45) is 0 Å². The van der Waals surface area contributed by atoms with Crippen molar-refractivity contribution in [2.75, 3.05) is 13.1 Å². The standard InChI is InChI=1S/C18H21F3N4O2/c19-18(20,21)27-16-6-2-1-4-14(16)11-23-17(26)12-25-9-7-15(24-25)13-5-3-8-22-10-13/h1-2,4,6-7,9,13,22H,3,5,8,10-12H2,(H,23,26). The number of alkyl halides is 3. The average Bonchev–Trinajstić information content (AvgIpc) is 3.09. The van der Waals surface area contributed by atoms with Crippen molar-refractivity contribution in [3.63, 3.8) is 0 Å². The van der Waals surface area contributed by atoms with E-state index in [1.165, 1.54) is 22.9 Å². The first-order chi connectivity index (χ1) is 12.9. The molecular weight excluding hydrogens is 361 g/mol. The number of rotatable bonds is 6. The number of carbonyl (C=O) groups is 1. The van der Waals surface area contributed by atoms with Gasteiger partial charge in [-0.05, 0) is 31.5 Å². The Morgan fingerprint density at radius 3 is 2.89 bits per heavy atom. The summed E-state index contributed by atoms with van der Waals surface area (Å²) in [5, 5.41) is 10.4. The molecule has 3 rings (SSSR count). The van der Waals surface area contributed by atoms with Gasteiger partial charge in [-0.15, -0.1) is 13.2 Å². The van der Waals surface area contributed by atoms with E-state index >= 15 is 0 Å². The normalized spacial score (nSPS) is 17.5. The largest absolute Gasteiger partial charge is 0.573 e. The van der Waals surface area contributed by atoms with Gasteiger partial charge in [0.05, 0.1) is 5.69 Å². The molecule has 0 spiro atoms. The number of para-hydroxylation sites is 1. The molecule has 0 saturated carbocycles. The van der Waals surface area contributed by atoms with Crippen molar-refractivity contribution >= 4 is 5.91 Å². The van der Waals surface area contributed by atoms with E-state index in [2.05, 4.69) is 20.5 Å². The highest BCUT2D eigenvalue weighted by Crippen LogP contribution is 2.26. The third-order valence-electron chi connectivity index (χ3n) is 4.36. The molecule has 2 aromatic rings. The maximum atomic E-state index is 12.4. The molecule has 2 heterocycles. The molecule has 1 aliphatic rings. The Labute approximate surface area is 154 Å². The van der Waals surface area contributed by atoms with Crippen LogP contribution in [0.5, 0.6) is 5.75 Å². The summed E-state index contributed by atoms with van der Waals surface area (Å²) in [6.45, 7) is 1.83. The molecule has 0 bridgehead atoms. The van der Waals surface area contributed by atoms with E-state index in [0.717, 1.165) is 31.6 Å². The van der Waals surface area contributed by atoms with Crippen molar-refractivity contribution < 1.29 is 22.7 Å². The zero-order chi connectivity index (χ0) is 19.3. The lowest BCUT2D eigenvalue weighted by Crippen LogP contribution is -2.29. The van der Waals surface area contributed by atoms with Crippen molar-refractivity contribution in [3.8, 4) is 5.75 Å². The van der Waals surface area contributed by atoms with E-state index in [9.17, 15) is 18.0 Å². The lowest BCUT2D eigenvalue weighted by molar-refractivity contribution is -0.274.